The van der Waals surface area contributed by atoms with E-state index in [-0.39, 0.29) is 17.1 Å². The highest BCUT2D eigenvalue weighted by Crippen LogP contribution is 2.27. The van der Waals surface area contributed by atoms with E-state index in [0.717, 1.165) is 10.2 Å². The first-order valence-corrected chi connectivity index (χ1v) is 9.39. The Morgan fingerprint density at radius 2 is 1.90 bits per heavy atom. The van der Waals surface area contributed by atoms with Crippen LogP contribution in [0.25, 0.3) is 10.8 Å². The first-order valence-electron chi connectivity index (χ1n) is 9.39. The minimum absolute atomic E-state index is 0.157. The first-order chi connectivity index (χ1) is 15.0. The van der Waals surface area contributed by atoms with Crippen molar-refractivity contribution in [3.63, 3.8) is 0 Å². The van der Waals surface area contributed by atoms with Crippen molar-refractivity contribution >= 4 is 22.4 Å². The topological polar surface area (TPSA) is 110 Å². The molecule has 0 aliphatic heterocycles. The van der Waals surface area contributed by atoms with E-state index in [1.165, 1.54) is 7.05 Å². The smallest absolute Gasteiger partial charge is 0.276 e. The fraction of sp³-hybridized carbons (Fsp3) is 0.0870. The molecule has 4 aromatic rings. The number of aromatic nitrogens is 3. The van der Waals surface area contributed by atoms with Crippen LogP contribution < -0.4 is 15.6 Å². The number of nitrogens with one attached hydrogen (secondary N) is 1. The molecule has 0 unspecified atom stereocenters. The molecular weight excluding hydrogens is 394 g/mol. The molecule has 8 nitrogen and oxygen atoms in total. The zero-order chi connectivity index (χ0) is 22.0. The Morgan fingerprint density at radius 1 is 1.13 bits per heavy atom. The van der Waals surface area contributed by atoms with E-state index >= 15 is 0 Å². The third-order valence-corrected chi connectivity index (χ3v) is 4.72. The first kappa shape index (κ1) is 19.8. The highest BCUT2D eigenvalue weighted by atomic mass is 16.5. The summed E-state index contributed by atoms with van der Waals surface area (Å²) in [6.45, 7) is 1.82. The number of rotatable bonds is 4. The molecule has 31 heavy (non-hydrogen) atoms. The standard InChI is InChI=1S/C23H17N5O3/c1-14-12-16(31-22-15(13-24)6-5-11-25-22)9-10-19(14)26-21(29)20-17-7-3-4-8-18(17)23(30)28(2)27-20/h3-12H,1-2H3,(H,26,29). The number of amides is 1. The number of hydrogen-bond acceptors (Lipinski definition) is 6. The number of hydrogen-bond donors (Lipinski definition) is 1. The van der Waals surface area contributed by atoms with Crippen LogP contribution in [0.2, 0.25) is 0 Å². The predicted octanol–water partition coefficient (Wildman–Crippen LogP) is 3.55. The molecule has 0 fully saturated rings. The van der Waals surface area contributed by atoms with Gasteiger partial charge in [0.2, 0.25) is 5.88 Å². The van der Waals surface area contributed by atoms with Gasteiger partial charge in [-0.2, -0.15) is 10.4 Å². The fourth-order valence-electron chi connectivity index (χ4n) is 3.16. The van der Waals surface area contributed by atoms with E-state index in [1.807, 2.05) is 13.0 Å². The van der Waals surface area contributed by atoms with Crippen LogP contribution >= 0.6 is 0 Å². The van der Waals surface area contributed by atoms with Crippen LogP contribution in [0.4, 0.5) is 5.69 Å². The zero-order valence-corrected chi connectivity index (χ0v) is 16.8. The molecule has 2 heterocycles. The van der Waals surface area contributed by atoms with E-state index in [1.54, 1.807) is 60.8 Å². The van der Waals surface area contributed by atoms with Crippen molar-refractivity contribution in [2.75, 3.05) is 5.32 Å². The van der Waals surface area contributed by atoms with Crippen molar-refractivity contribution in [1.29, 1.82) is 5.26 Å². The number of aryl methyl sites for hydroxylation is 2. The van der Waals surface area contributed by atoms with Gasteiger partial charge in [-0.1, -0.05) is 18.2 Å². The van der Waals surface area contributed by atoms with Gasteiger partial charge in [-0.05, 0) is 48.9 Å². The summed E-state index contributed by atoms with van der Waals surface area (Å²) in [6.07, 6.45) is 1.54. The lowest BCUT2D eigenvalue weighted by atomic mass is 10.1. The predicted molar refractivity (Wildman–Crippen MR) is 115 cm³/mol. The summed E-state index contributed by atoms with van der Waals surface area (Å²) >= 11 is 0. The minimum Gasteiger partial charge on any atom is -0.438 e. The summed E-state index contributed by atoms with van der Waals surface area (Å²) in [4.78, 5) is 29.3. The van der Waals surface area contributed by atoms with Crippen LogP contribution in [0.5, 0.6) is 11.6 Å². The maximum atomic E-state index is 12.9. The number of anilines is 1. The van der Waals surface area contributed by atoms with Crippen LogP contribution in [0, 0.1) is 18.3 Å². The molecule has 0 aliphatic carbocycles. The maximum Gasteiger partial charge on any atom is 0.276 e. The van der Waals surface area contributed by atoms with Crippen LogP contribution in [0.1, 0.15) is 21.6 Å². The van der Waals surface area contributed by atoms with Crippen LogP contribution in [-0.2, 0) is 7.05 Å². The molecule has 0 bridgehead atoms. The van der Waals surface area contributed by atoms with Crippen molar-refractivity contribution < 1.29 is 9.53 Å². The van der Waals surface area contributed by atoms with Crippen molar-refractivity contribution in [3.05, 3.63) is 88.0 Å². The average Bonchev–Trinajstić information content (AvgIpc) is 2.78. The number of fused-ring (bicyclic) bond motifs is 1. The lowest BCUT2D eigenvalue weighted by Crippen LogP contribution is -2.25. The number of ether oxygens (including phenoxy) is 1. The summed E-state index contributed by atoms with van der Waals surface area (Å²) in [7, 11) is 1.51. The average molecular weight is 411 g/mol. The molecule has 0 saturated carbocycles. The van der Waals surface area contributed by atoms with Gasteiger partial charge in [0.25, 0.3) is 11.5 Å². The zero-order valence-electron chi connectivity index (χ0n) is 16.8. The molecule has 152 valence electrons. The fourth-order valence-corrected chi connectivity index (χ4v) is 3.16. The van der Waals surface area contributed by atoms with Gasteiger partial charge in [-0.3, -0.25) is 9.59 Å². The third-order valence-electron chi connectivity index (χ3n) is 4.72. The largest absolute Gasteiger partial charge is 0.438 e. The molecule has 8 heteroatoms. The number of benzene rings is 2. The second-order valence-corrected chi connectivity index (χ2v) is 6.82. The van der Waals surface area contributed by atoms with Gasteiger partial charge in [0.05, 0.1) is 5.39 Å². The summed E-state index contributed by atoms with van der Waals surface area (Å²) in [6, 6.07) is 17.3. The van der Waals surface area contributed by atoms with Crippen molar-refractivity contribution in [3.8, 4) is 17.7 Å². The second kappa shape index (κ2) is 8.08. The Morgan fingerprint density at radius 3 is 2.65 bits per heavy atom. The molecule has 0 radical (unpaired) electrons. The molecule has 1 N–H and O–H groups in total. The molecule has 0 aliphatic rings. The molecule has 2 aromatic carbocycles. The number of nitriles is 1. The van der Waals surface area contributed by atoms with E-state index in [0.29, 0.717) is 27.8 Å². The summed E-state index contributed by atoms with van der Waals surface area (Å²) in [5.41, 5.74) is 1.53. The van der Waals surface area contributed by atoms with Gasteiger partial charge in [0, 0.05) is 24.3 Å². The highest BCUT2D eigenvalue weighted by molar-refractivity contribution is 6.11. The third kappa shape index (κ3) is 3.84. The van der Waals surface area contributed by atoms with Gasteiger partial charge in [0.15, 0.2) is 5.69 Å². The van der Waals surface area contributed by atoms with Crippen molar-refractivity contribution in [2.45, 2.75) is 6.92 Å². The molecular formula is C23H17N5O3. The van der Waals surface area contributed by atoms with E-state index in [2.05, 4.69) is 15.4 Å². The lowest BCUT2D eigenvalue weighted by Gasteiger charge is -2.12. The number of carbonyl (C=O) groups is 1. The Balaban J connectivity index is 1.62. The number of carbonyl (C=O) groups excluding carboxylic acids is 1. The quantitative estimate of drug-likeness (QED) is 0.550. The summed E-state index contributed by atoms with van der Waals surface area (Å²) in [5.74, 6) is 0.263. The number of pyridine rings is 1. The molecule has 0 saturated heterocycles. The second-order valence-electron chi connectivity index (χ2n) is 6.82. The van der Waals surface area contributed by atoms with Gasteiger partial charge in [0.1, 0.15) is 17.4 Å². The minimum atomic E-state index is -0.430. The Labute approximate surface area is 177 Å². The summed E-state index contributed by atoms with van der Waals surface area (Å²) in [5, 5.41) is 17.1. The van der Waals surface area contributed by atoms with Gasteiger partial charge >= 0.3 is 0 Å². The number of nitrogens with zero attached hydrogens (tertiary/aromatic N) is 4. The Hall–Kier alpha value is -4.51. The van der Waals surface area contributed by atoms with E-state index in [9.17, 15) is 9.59 Å². The Bertz CT molecular complexity index is 1420. The SMILES string of the molecule is Cc1cc(Oc2ncccc2C#N)ccc1NC(=O)c1nn(C)c(=O)c2ccccc12. The monoisotopic (exact) mass is 411 g/mol. The molecule has 2 aromatic heterocycles. The normalized spacial score (nSPS) is 10.5. The van der Waals surface area contributed by atoms with Gasteiger partial charge in [-0.15, -0.1) is 0 Å². The van der Waals surface area contributed by atoms with Crippen LogP contribution in [0.15, 0.2) is 65.6 Å². The molecule has 0 atom stereocenters. The van der Waals surface area contributed by atoms with Crippen LogP contribution in [-0.4, -0.2) is 20.7 Å². The maximum absolute atomic E-state index is 12.9. The van der Waals surface area contributed by atoms with Crippen LogP contribution in [0.3, 0.4) is 0 Å². The molecule has 4 rings (SSSR count). The van der Waals surface area contributed by atoms with E-state index < -0.39 is 5.91 Å². The van der Waals surface area contributed by atoms with Crippen molar-refractivity contribution in [2.24, 2.45) is 7.05 Å². The van der Waals surface area contributed by atoms with Gasteiger partial charge in [-0.25, -0.2) is 9.67 Å². The highest BCUT2D eigenvalue weighted by Gasteiger charge is 2.17. The lowest BCUT2D eigenvalue weighted by molar-refractivity contribution is 0.102. The Kier molecular flexibility index (Phi) is 5.16. The summed E-state index contributed by atoms with van der Waals surface area (Å²) < 4.78 is 6.87. The van der Waals surface area contributed by atoms with Crippen molar-refractivity contribution in [1.82, 2.24) is 14.8 Å². The molecule has 0 spiro atoms. The van der Waals surface area contributed by atoms with Gasteiger partial charge < -0.3 is 10.1 Å². The molecule has 1 amide bonds. The van der Waals surface area contributed by atoms with E-state index in [4.69, 9.17) is 10.00 Å².